The molecule has 1 aromatic heterocycles. The van der Waals surface area contributed by atoms with Crippen molar-refractivity contribution in [3.63, 3.8) is 0 Å². The molecular weight excluding hydrogens is 242 g/mol. The molecule has 16 heavy (non-hydrogen) atoms. The van der Waals surface area contributed by atoms with Gasteiger partial charge in [0.1, 0.15) is 0 Å². The summed E-state index contributed by atoms with van der Waals surface area (Å²) in [6, 6.07) is 3.96. The summed E-state index contributed by atoms with van der Waals surface area (Å²) >= 11 is 7.60. The molecule has 1 aromatic rings. The molecule has 0 unspecified atom stereocenters. The van der Waals surface area contributed by atoms with Gasteiger partial charge in [0, 0.05) is 10.8 Å². The number of thiophene rings is 1. The molecule has 1 aliphatic rings. The molecule has 88 valence electrons. The lowest BCUT2D eigenvalue weighted by Gasteiger charge is -2.27. The van der Waals surface area contributed by atoms with Gasteiger partial charge in [0.15, 0.2) is 0 Å². The first kappa shape index (κ1) is 11.9. The van der Waals surface area contributed by atoms with Crippen molar-refractivity contribution in [1.82, 2.24) is 5.32 Å². The van der Waals surface area contributed by atoms with E-state index in [9.17, 15) is 4.79 Å². The third kappa shape index (κ3) is 2.77. The second-order valence-electron chi connectivity index (χ2n) is 4.43. The van der Waals surface area contributed by atoms with Gasteiger partial charge in [0.2, 0.25) is 5.91 Å². The number of hydrogen-bond acceptors (Lipinski definition) is 2. The summed E-state index contributed by atoms with van der Waals surface area (Å²) in [6.07, 6.45) is 4.87. The maximum Gasteiger partial charge on any atom is 0.225 e. The zero-order valence-corrected chi connectivity index (χ0v) is 10.7. The standard InChI is InChI=1S/C12H16ClNOS/c13-9-12(5-1-2-6-12)14-11(15)8-10-4-3-7-16-10/h3-4,7H,1-2,5-6,8-9H2,(H,14,15). The van der Waals surface area contributed by atoms with E-state index < -0.39 is 0 Å². The van der Waals surface area contributed by atoms with Crippen LogP contribution in [-0.2, 0) is 11.2 Å². The molecule has 2 nitrogen and oxygen atoms in total. The Hall–Kier alpha value is -0.540. The number of alkyl halides is 1. The first-order chi connectivity index (χ1) is 7.74. The molecule has 0 atom stereocenters. The van der Waals surface area contributed by atoms with Gasteiger partial charge in [-0.1, -0.05) is 18.9 Å². The summed E-state index contributed by atoms with van der Waals surface area (Å²) in [6.45, 7) is 0. The molecule has 1 aliphatic carbocycles. The molecule has 0 saturated heterocycles. The lowest BCUT2D eigenvalue weighted by atomic mass is 10.0. The van der Waals surface area contributed by atoms with Gasteiger partial charge >= 0.3 is 0 Å². The van der Waals surface area contributed by atoms with Crippen LogP contribution in [0.15, 0.2) is 17.5 Å². The van der Waals surface area contributed by atoms with Crippen LogP contribution in [0.3, 0.4) is 0 Å². The van der Waals surface area contributed by atoms with Crippen LogP contribution in [0.5, 0.6) is 0 Å². The number of nitrogens with one attached hydrogen (secondary N) is 1. The zero-order chi connectivity index (χ0) is 11.4. The number of carbonyl (C=O) groups is 1. The number of amides is 1. The summed E-state index contributed by atoms with van der Waals surface area (Å²) in [7, 11) is 0. The molecule has 4 heteroatoms. The zero-order valence-electron chi connectivity index (χ0n) is 9.17. The van der Waals surface area contributed by atoms with Crippen LogP contribution < -0.4 is 5.32 Å². The topological polar surface area (TPSA) is 29.1 Å². The van der Waals surface area contributed by atoms with Gasteiger partial charge in [-0.25, -0.2) is 0 Å². The third-order valence-electron chi connectivity index (χ3n) is 3.14. The Morgan fingerprint density at radius 2 is 2.25 bits per heavy atom. The minimum absolute atomic E-state index is 0.102. The molecular formula is C12H16ClNOS. The molecule has 0 radical (unpaired) electrons. The van der Waals surface area contributed by atoms with E-state index in [2.05, 4.69) is 5.32 Å². The van der Waals surface area contributed by atoms with Gasteiger partial charge in [-0.2, -0.15) is 0 Å². The van der Waals surface area contributed by atoms with Crippen LogP contribution in [0.4, 0.5) is 0 Å². The molecule has 1 N–H and O–H groups in total. The molecule has 0 spiro atoms. The number of carbonyl (C=O) groups excluding carboxylic acids is 1. The van der Waals surface area contributed by atoms with Crippen LogP contribution in [0.25, 0.3) is 0 Å². The fraction of sp³-hybridized carbons (Fsp3) is 0.583. The maximum absolute atomic E-state index is 11.9. The fourth-order valence-electron chi connectivity index (χ4n) is 2.26. The summed E-state index contributed by atoms with van der Waals surface area (Å²) < 4.78 is 0. The third-order valence-corrected chi connectivity index (χ3v) is 4.52. The minimum atomic E-state index is -0.129. The highest BCUT2D eigenvalue weighted by Gasteiger charge is 2.34. The van der Waals surface area contributed by atoms with Crippen molar-refractivity contribution in [3.05, 3.63) is 22.4 Å². The quantitative estimate of drug-likeness (QED) is 0.826. The Morgan fingerprint density at radius 1 is 1.50 bits per heavy atom. The number of halogens is 1. The van der Waals surface area contributed by atoms with Crippen molar-refractivity contribution in [1.29, 1.82) is 0 Å². The lowest BCUT2D eigenvalue weighted by Crippen LogP contribution is -2.48. The van der Waals surface area contributed by atoms with Crippen LogP contribution in [0.1, 0.15) is 30.6 Å². The fourth-order valence-corrected chi connectivity index (χ4v) is 3.29. The van der Waals surface area contributed by atoms with E-state index in [1.165, 1.54) is 12.8 Å². The van der Waals surface area contributed by atoms with Crippen molar-refractivity contribution in [3.8, 4) is 0 Å². The van der Waals surface area contributed by atoms with Gasteiger partial charge in [-0.15, -0.1) is 22.9 Å². The van der Waals surface area contributed by atoms with E-state index in [1.807, 2.05) is 17.5 Å². The second kappa shape index (κ2) is 5.19. The predicted molar refractivity (Wildman–Crippen MR) is 68.1 cm³/mol. The number of rotatable bonds is 4. The Bertz CT molecular complexity index is 344. The summed E-state index contributed by atoms with van der Waals surface area (Å²) in [4.78, 5) is 13.0. The smallest absolute Gasteiger partial charge is 0.225 e. The largest absolute Gasteiger partial charge is 0.349 e. The molecule has 0 aliphatic heterocycles. The van der Waals surface area contributed by atoms with Crippen molar-refractivity contribution in [2.24, 2.45) is 0 Å². The normalized spacial score (nSPS) is 18.6. The van der Waals surface area contributed by atoms with Crippen LogP contribution in [0.2, 0.25) is 0 Å². The summed E-state index contributed by atoms with van der Waals surface area (Å²) in [5.41, 5.74) is -0.129. The highest BCUT2D eigenvalue weighted by Crippen LogP contribution is 2.30. The van der Waals surface area contributed by atoms with Gasteiger partial charge in [0.25, 0.3) is 0 Å². The monoisotopic (exact) mass is 257 g/mol. The number of hydrogen-bond donors (Lipinski definition) is 1. The molecule has 1 saturated carbocycles. The molecule has 0 aromatic carbocycles. The van der Waals surface area contributed by atoms with Crippen LogP contribution >= 0.6 is 22.9 Å². The predicted octanol–water partition coefficient (Wildman–Crippen LogP) is 2.96. The lowest BCUT2D eigenvalue weighted by molar-refractivity contribution is -0.122. The van der Waals surface area contributed by atoms with Gasteiger partial charge in [0.05, 0.1) is 12.0 Å². The molecule has 2 rings (SSSR count). The van der Waals surface area contributed by atoms with E-state index in [-0.39, 0.29) is 11.4 Å². The first-order valence-electron chi connectivity index (χ1n) is 5.63. The maximum atomic E-state index is 11.9. The van der Waals surface area contributed by atoms with E-state index >= 15 is 0 Å². The van der Waals surface area contributed by atoms with E-state index in [0.717, 1.165) is 17.7 Å². The van der Waals surface area contributed by atoms with Crippen molar-refractivity contribution in [2.75, 3.05) is 5.88 Å². The van der Waals surface area contributed by atoms with Crippen molar-refractivity contribution < 1.29 is 4.79 Å². The van der Waals surface area contributed by atoms with Crippen LogP contribution in [-0.4, -0.2) is 17.3 Å². The molecule has 1 amide bonds. The summed E-state index contributed by atoms with van der Waals surface area (Å²) in [5.74, 6) is 0.633. The minimum Gasteiger partial charge on any atom is -0.349 e. The first-order valence-corrected chi connectivity index (χ1v) is 7.05. The summed E-state index contributed by atoms with van der Waals surface area (Å²) in [5, 5.41) is 5.11. The molecule has 0 bridgehead atoms. The van der Waals surface area contributed by atoms with E-state index in [4.69, 9.17) is 11.6 Å². The highest BCUT2D eigenvalue weighted by atomic mass is 35.5. The van der Waals surface area contributed by atoms with E-state index in [1.54, 1.807) is 11.3 Å². The molecule has 1 heterocycles. The van der Waals surface area contributed by atoms with Gasteiger partial charge in [-0.05, 0) is 24.3 Å². The van der Waals surface area contributed by atoms with Crippen LogP contribution in [0, 0.1) is 0 Å². The SMILES string of the molecule is O=C(Cc1cccs1)NC1(CCl)CCCC1. The Balaban J connectivity index is 1.91. The Morgan fingerprint density at radius 3 is 2.81 bits per heavy atom. The average Bonchev–Trinajstić information content (AvgIpc) is 2.90. The Kier molecular flexibility index (Phi) is 3.87. The molecule has 1 fully saturated rings. The highest BCUT2D eigenvalue weighted by molar-refractivity contribution is 7.10. The van der Waals surface area contributed by atoms with Gasteiger partial charge in [-0.3, -0.25) is 4.79 Å². The average molecular weight is 258 g/mol. The van der Waals surface area contributed by atoms with Crippen molar-refractivity contribution in [2.45, 2.75) is 37.6 Å². The van der Waals surface area contributed by atoms with E-state index in [0.29, 0.717) is 12.3 Å². The Labute approximate surface area is 105 Å². The van der Waals surface area contributed by atoms with Crippen molar-refractivity contribution >= 4 is 28.8 Å². The second-order valence-corrected chi connectivity index (χ2v) is 5.72. The van der Waals surface area contributed by atoms with Gasteiger partial charge < -0.3 is 5.32 Å².